The number of hydrogen-bond donors (Lipinski definition) is 3. The number of esters is 1. The van der Waals surface area contributed by atoms with Crippen LogP contribution in [0, 0.1) is 0 Å². The fraction of sp³-hybridized carbons (Fsp3) is 0.896. The van der Waals surface area contributed by atoms with Gasteiger partial charge in [-0.3, -0.25) is 14.2 Å². The summed E-state index contributed by atoms with van der Waals surface area (Å²) in [5, 5.41) is 6.42. The van der Waals surface area contributed by atoms with Crippen LogP contribution in [-0.2, 0) is 32.7 Å². The van der Waals surface area contributed by atoms with E-state index >= 15 is 0 Å². The number of phosphoric ester groups is 1. The second-order valence-corrected chi connectivity index (χ2v) is 21.7. The number of carbonyl (C=O) groups is 3. The van der Waals surface area contributed by atoms with Crippen molar-refractivity contribution in [2.45, 2.75) is 216 Å². The maximum absolute atomic E-state index is 12.8. The van der Waals surface area contributed by atoms with E-state index in [1.165, 1.54) is 64.2 Å². The molecule has 0 radical (unpaired) electrons. The van der Waals surface area contributed by atoms with Gasteiger partial charge >= 0.3 is 12.0 Å². The number of nitrogens with one attached hydrogen (secondary N) is 2. The molecule has 0 aromatic carbocycles. The van der Waals surface area contributed by atoms with Gasteiger partial charge in [0.25, 0.3) is 7.82 Å². The summed E-state index contributed by atoms with van der Waals surface area (Å²) in [5.41, 5.74) is 6.21. The quantitative estimate of drug-likeness (QED) is 0.0132. The summed E-state index contributed by atoms with van der Waals surface area (Å²) in [6.07, 6.45) is 33.3. The summed E-state index contributed by atoms with van der Waals surface area (Å²) in [5.74, 6) is 0.723. The van der Waals surface area contributed by atoms with Crippen LogP contribution in [-0.4, -0.2) is 112 Å². The Labute approximate surface area is 387 Å². The van der Waals surface area contributed by atoms with E-state index in [-0.39, 0.29) is 62.2 Å². The number of fused-ring (bicyclic) bond motifs is 1. The first-order valence-electron chi connectivity index (χ1n) is 25.1. The second-order valence-electron chi connectivity index (χ2n) is 19.0. The number of phosphoric acid groups is 1. The van der Waals surface area contributed by atoms with Gasteiger partial charge in [-0.05, 0) is 57.8 Å². The lowest BCUT2D eigenvalue weighted by molar-refractivity contribution is -0.870. The van der Waals surface area contributed by atoms with Gasteiger partial charge in [-0.25, -0.2) is 4.79 Å². The summed E-state index contributed by atoms with van der Waals surface area (Å²) in [6, 6.07) is -0.00318. The van der Waals surface area contributed by atoms with Gasteiger partial charge in [0.1, 0.15) is 25.0 Å². The predicted octanol–water partition coefficient (Wildman–Crippen LogP) is 9.68. The van der Waals surface area contributed by atoms with E-state index in [1.807, 2.05) is 32.9 Å². The number of hydrogen-bond acceptors (Lipinski definition) is 11. The van der Waals surface area contributed by atoms with E-state index in [2.05, 4.69) is 29.7 Å². The minimum atomic E-state index is -4.56. The van der Waals surface area contributed by atoms with Crippen molar-refractivity contribution < 1.29 is 46.8 Å². The number of amides is 2. The largest absolute Gasteiger partial charge is 0.756 e. The molecule has 2 aliphatic rings. The van der Waals surface area contributed by atoms with Crippen molar-refractivity contribution >= 4 is 37.4 Å². The molecular weight excluding hydrogens is 840 g/mol. The van der Waals surface area contributed by atoms with Crippen LogP contribution in [0.15, 0.2) is 12.2 Å². The standard InChI is InChI=1S/C48H91N4O9PS/c1-5-6-7-8-9-10-11-12-13-14-15-16-19-22-25-30-36-58-38-41(39-60-62(56,57)59-37-35-52(2,3)4)61-46(54)34-27-24-21-18-17-20-23-26-31-42(49)44(53)32-28-29-33-45-47-43(40-63-45)50-48(55)51-47/h12-13,41-43,45,47H,5-11,14-40,49H2,1-4H3,(H2-,50,51,55,56,57)/b13-12-/t41-,42?,43+,45+,47+/m1/s1. The molecule has 4 N–H and O–H groups in total. The van der Waals surface area contributed by atoms with Gasteiger partial charge in [0, 0.05) is 30.5 Å². The number of nitrogens with zero attached hydrogens (tertiary/aromatic N) is 1. The molecule has 6 atom stereocenters. The number of Topliss-reactive ketones (excluding diaryl/α,β-unsaturated/α-hetero) is 1. The first-order chi connectivity index (χ1) is 30.3. The lowest BCUT2D eigenvalue weighted by atomic mass is 9.98. The van der Waals surface area contributed by atoms with Crippen LogP contribution in [0.3, 0.4) is 0 Å². The third kappa shape index (κ3) is 31.2. The van der Waals surface area contributed by atoms with Crippen molar-refractivity contribution in [1.82, 2.24) is 10.6 Å². The van der Waals surface area contributed by atoms with Gasteiger partial charge in [-0.2, -0.15) is 11.8 Å². The molecule has 2 aliphatic heterocycles. The Kier molecular flexibility index (Phi) is 32.6. The fourth-order valence-electron chi connectivity index (χ4n) is 7.99. The molecule has 2 rings (SSSR count). The number of ketones is 1. The highest BCUT2D eigenvalue weighted by Crippen LogP contribution is 2.38. The minimum Gasteiger partial charge on any atom is -0.756 e. The minimum absolute atomic E-state index is 0.00113. The third-order valence-electron chi connectivity index (χ3n) is 12.0. The summed E-state index contributed by atoms with van der Waals surface area (Å²) in [6.45, 7) is 2.99. The zero-order valence-corrected chi connectivity index (χ0v) is 41.8. The highest BCUT2D eigenvalue weighted by Gasteiger charge is 2.42. The van der Waals surface area contributed by atoms with Crippen molar-refractivity contribution in [3.05, 3.63) is 12.2 Å². The Bertz CT molecular complexity index is 1290. The van der Waals surface area contributed by atoms with Crippen molar-refractivity contribution in [3.63, 3.8) is 0 Å². The number of ether oxygens (including phenoxy) is 2. The Morgan fingerprint density at radius 2 is 1.37 bits per heavy atom. The van der Waals surface area contributed by atoms with Gasteiger partial charge < -0.3 is 44.3 Å². The van der Waals surface area contributed by atoms with E-state index in [0.29, 0.717) is 35.7 Å². The van der Waals surface area contributed by atoms with Gasteiger partial charge in [-0.15, -0.1) is 0 Å². The lowest BCUT2D eigenvalue weighted by Gasteiger charge is -2.28. The van der Waals surface area contributed by atoms with Crippen LogP contribution < -0.4 is 21.3 Å². The number of unbranched alkanes of at least 4 members (excludes halogenated alkanes) is 20. The molecule has 2 amide bonds. The SMILES string of the molecule is CCCCCCCC/C=C\CCCCCCCCOC[C@H](COP(=O)([O-])OCC[N+](C)(C)C)OC(=O)CCCCCCCCCCC(N)C(=O)CCCC[C@@H]1SC[C@@H]2NC(=O)N[C@@H]21. The summed E-state index contributed by atoms with van der Waals surface area (Å²) < 4.78 is 34.7. The number of nitrogens with two attached hydrogens (primary N) is 1. The van der Waals surface area contributed by atoms with Crippen molar-refractivity contribution in [2.24, 2.45) is 5.73 Å². The average Bonchev–Trinajstić information content (AvgIpc) is 3.79. The van der Waals surface area contributed by atoms with Gasteiger partial charge in [0.15, 0.2) is 0 Å². The molecule has 368 valence electrons. The molecule has 15 heteroatoms. The molecule has 0 bridgehead atoms. The van der Waals surface area contributed by atoms with Crippen LogP contribution in [0.2, 0.25) is 0 Å². The number of likely N-dealkylation sites (N-methyl/N-ethyl adjacent to an activating group) is 1. The molecule has 63 heavy (non-hydrogen) atoms. The van der Waals surface area contributed by atoms with Crippen molar-refractivity contribution in [3.8, 4) is 0 Å². The molecule has 2 unspecified atom stereocenters. The van der Waals surface area contributed by atoms with Crippen molar-refractivity contribution in [1.29, 1.82) is 0 Å². The zero-order chi connectivity index (χ0) is 46.0. The molecule has 0 aromatic heterocycles. The summed E-state index contributed by atoms with van der Waals surface area (Å²) in [7, 11) is 1.27. The number of thioether (sulfide) groups is 1. The van der Waals surface area contributed by atoms with E-state index in [9.17, 15) is 23.8 Å². The van der Waals surface area contributed by atoms with E-state index in [4.69, 9.17) is 24.3 Å². The molecule has 2 fully saturated rings. The molecular formula is C48H91N4O9PS. The maximum atomic E-state index is 12.8. The Morgan fingerprint density at radius 1 is 0.778 bits per heavy atom. The van der Waals surface area contributed by atoms with Crippen LogP contribution in [0.5, 0.6) is 0 Å². The third-order valence-corrected chi connectivity index (χ3v) is 14.5. The smallest absolute Gasteiger partial charge is 0.315 e. The summed E-state index contributed by atoms with van der Waals surface area (Å²) in [4.78, 5) is 49.3. The highest BCUT2D eigenvalue weighted by atomic mass is 32.2. The van der Waals surface area contributed by atoms with Crippen molar-refractivity contribution in [2.75, 3.05) is 59.9 Å². The first kappa shape index (κ1) is 57.6. The van der Waals surface area contributed by atoms with Gasteiger partial charge in [0.05, 0.1) is 52.5 Å². The molecule has 0 aliphatic carbocycles. The van der Waals surface area contributed by atoms with Gasteiger partial charge in [0.2, 0.25) is 0 Å². The Balaban J connectivity index is 1.52. The summed E-state index contributed by atoms with van der Waals surface area (Å²) >= 11 is 1.91. The first-order valence-corrected chi connectivity index (χ1v) is 27.6. The molecule has 0 saturated carbocycles. The van der Waals surface area contributed by atoms with Gasteiger partial charge in [-0.1, -0.05) is 128 Å². The number of urea groups is 1. The average molecular weight is 931 g/mol. The highest BCUT2D eigenvalue weighted by molar-refractivity contribution is 8.00. The fourth-order valence-corrected chi connectivity index (χ4v) is 10.3. The number of rotatable bonds is 43. The number of carbonyl (C=O) groups excluding carboxylic acids is 3. The van der Waals surface area contributed by atoms with E-state index in [1.54, 1.807) is 0 Å². The van der Waals surface area contributed by atoms with Crippen LogP contribution in [0.1, 0.15) is 187 Å². The molecule has 2 heterocycles. The number of quaternary nitrogens is 1. The zero-order valence-electron chi connectivity index (χ0n) is 40.1. The molecule has 0 aromatic rings. The normalized spacial score (nSPS) is 19.5. The molecule has 13 nitrogen and oxygen atoms in total. The maximum Gasteiger partial charge on any atom is 0.315 e. The van der Waals surface area contributed by atoms with E-state index < -0.39 is 13.9 Å². The second kappa shape index (κ2) is 35.7. The Hall–Kier alpha value is -1.51. The lowest BCUT2D eigenvalue weighted by Crippen LogP contribution is -2.37. The monoisotopic (exact) mass is 931 g/mol. The topological polar surface area (TPSA) is 178 Å². The number of allylic oxidation sites excluding steroid dienone is 2. The Morgan fingerprint density at radius 3 is 2.02 bits per heavy atom. The predicted molar refractivity (Wildman–Crippen MR) is 256 cm³/mol. The molecule has 0 spiro atoms. The van der Waals surface area contributed by atoms with Crippen LogP contribution in [0.4, 0.5) is 4.79 Å². The van der Waals surface area contributed by atoms with Crippen LogP contribution in [0.25, 0.3) is 0 Å². The van der Waals surface area contributed by atoms with E-state index in [0.717, 1.165) is 102 Å². The molecule has 2 saturated heterocycles. The van der Waals surface area contributed by atoms with Crippen LogP contribution >= 0.6 is 19.6 Å².